The lowest BCUT2D eigenvalue weighted by Gasteiger charge is -2.35. The first kappa shape index (κ1) is 17.8. The van der Waals surface area contributed by atoms with Gasteiger partial charge >= 0.3 is 0 Å². The molecule has 3 nitrogen and oxygen atoms in total. The molecule has 0 bridgehead atoms. The summed E-state index contributed by atoms with van der Waals surface area (Å²) in [6.07, 6.45) is 5.23. The minimum Gasteiger partial charge on any atom is -0.493 e. The van der Waals surface area contributed by atoms with Gasteiger partial charge in [0.2, 0.25) is 0 Å². The van der Waals surface area contributed by atoms with E-state index in [1.165, 1.54) is 37.8 Å². The van der Waals surface area contributed by atoms with Crippen LogP contribution < -0.4 is 9.47 Å². The van der Waals surface area contributed by atoms with Gasteiger partial charge in [0.1, 0.15) is 6.61 Å². The summed E-state index contributed by atoms with van der Waals surface area (Å²) in [7, 11) is 1.71. The van der Waals surface area contributed by atoms with Crippen LogP contribution in [-0.2, 0) is 13.2 Å². The Bertz CT molecular complexity index is 656. The van der Waals surface area contributed by atoms with Crippen LogP contribution >= 0.6 is 0 Å². The fourth-order valence-electron chi connectivity index (χ4n) is 3.63. The number of ether oxygens (including phenoxy) is 2. The summed E-state index contributed by atoms with van der Waals surface area (Å²) < 4.78 is 11.5. The molecule has 0 saturated carbocycles. The van der Waals surface area contributed by atoms with Crippen LogP contribution in [0.5, 0.6) is 11.5 Å². The number of likely N-dealkylation sites (tertiary alicyclic amines) is 1. The van der Waals surface area contributed by atoms with Crippen molar-refractivity contribution in [3.05, 3.63) is 59.7 Å². The van der Waals surface area contributed by atoms with Gasteiger partial charge in [-0.15, -0.1) is 0 Å². The molecule has 1 saturated heterocycles. The number of piperidine rings is 1. The molecule has 3 rings (SSSR count). The lowest BCUT2D eigenvalue weighted by Crippen LogP contribution is -2.38. The van der Waals surface area contributed by atoms with E-state index >= 15 is 0 Å². The highest BCUT2D eigenvalue weighted by Gasteiger charge is 2.21. The summed E-state index contributed by atoms with van der Waals surface area (Å²) in [4.78, 5) is 2.61. The number of methoxy groups -OCH3 is 1. The first-order valence-electron chi connectivity index (χ1n) is 9.38. The number of rotatable bonds is 7. The molecule has 1 heterocycles. The Morgan fingerprint density at radius 1 is 1.00 bits per heavy atom. The first-order chi connectivity index (χ1) is 12.3. The van der Waals surface area contributed by atoms with Gasteiger partial charge < -0.3 is 9.47 Å². The van der Waals surface area contributed by atoms with Gasteiger partial charge in [-0.1, -0.05) is 49.7 Å². The summed E-state index contributed by atoms with van der Waals surface area (Å²) in [5, 5.41) is 0. The smallest absolute Gasteiger partial charge is 0.161 e. The summed E-state index contributed by atoms with van der Waals surface area (Å²) in [5.41, 5.74) is 2.46. The van der Waals surface area contributed by atoms with Gasteiger partial charge in [0.25, 0.3) is 0 Å². The minimum atomic E-state index is 0.556. The highest BCUT2D eigenvalue weighted by atomic mass is 16.5. The first-order valence-corrected chi connectivity index (χ1v) is 9.38. The number of hydrogen-bond acceptors (Lipinski definition) is 3. The molecule has 3 heteroatoms. The van der Waals surface area contributed by atoms with Gasteiger partial charge in [0.15, 0.2) is 11.5 Å². The monoisotopic (exact) mass is 339 g/mol. The highest BCUT2D eigenvalue weighted by molar-refractivity contribution is 5.43. The van der Waals surface area contributed by atoms with Crippen molar-refractivity contribution in [3.8, 4) is 11.5 Å². The second-order valence-electron chi connectivity index (χ2n) is 6.79. The van der Waals surface area contributed by atoms with Gasteiger partial charge in [0, 0.05) is 12.6 Å². The zero-order valence-corrected chi connectivity index (χ0v) is 15.4. The van der Waals surface area contributed by atoms with Crippen molar-refractivity contribution in [2.45, 2.75) is 51.8 Å². The average Bonchev–Trinajstić information content (AvgIpc) is 2.68. The maximum Gasteiger partial charge on any atom is 0.161 e. The van der Waals surface area contributed by atoms with Gasteiger partial charge in [-0.2, -0.15) is 0 Å². The Morgan fingerprint density at radius 2 is 1.84 bits per heavy atom. The van der Waals surface area contributed by atoms with E-state index in [0.717, 1.165) is 23.6 Å². The molecular weight excluding hydrogens is 310 g/mol. The Hall–Kier alpha value is -2.00. The van der Waals surface area contributed by atoms with E-state index in [0.29, 0.717) is 12.6 Å². The van der Waals surface area contributed by atoms with Crippen LogP contribution in [0.2, 0.25) is 0 Å². The predicted molar refractivity (Wildman–Crippen MR) is 102 cm³/mol. The van der Waals surface area contributed by atoms with Crippen LogP contribution in [0.4, 0.5) is 0 Å². The molecule has 1 fully saturated rings. The lowest BCUT2D eigenvalue weighted by atomic mass is 9.99. The molecule has 0 N–H and O–H groups in total. The molecule has 2 aromatic carbocycles. The van der Waals surface area contributed by atoms with Crippen molar-refractivity contribution in [2.75, 3.05) is 13.7 Å². The number of benzene rings is 2. The number of nitrogens with zero attached hydrogens (tertiary/aromatic N) is 1. The van der Waals surface area contributed by atoms with E-state index in [1.807, 2.05) is 24.3 Å². The fraction of sp³-hybridized carbons (Fsp3) is 0.455. The predicted octanol–water partition coefficient (Wildman–Crippen LogP) is 5.04. The maximum atomic E-state index is 5.96. The second kappa shape index (κ2) is 8.91. The van der Waals surface area contributed by atoms with E-state index < -0.39 is 0 Å². The summed E-state index contributed by atoms with van der Waals surface area (Å²) >= 11 is 0. The van der Waals surface area contributed by atoms with E-state index in [-0.39, 0.29) is 0 Å². The van der Waals surface area contributed by atoms with Crippen LogP contribution in [-0.4, -0.2) is 24.6 Å². The Kier molecular flexibility index (Phi) is 6.35. The fourth-order valence-corrected chi connectivity index (χ4v) is 3.63. The van der Waals surface area contributed by atoms with Gasteiger partial charge in [-0.25, -0.2) is 0 Å². The molecule has 0 radical (unpaired) electrons. The Morgan fingerprint density at radius 3 is 2.60 bits per heavy atom. The molecular formula is C22H29NO2. The molecule has 1 aliphatic heterocycles. The second-order valence-corrected chi connectivity index (χ2v) is 6.79. The normalized spacial score (nSPS) is 18.1. The molecule has 0 aromatic heterocycles. The van der Waals surface area contributed by atoms with Gasteiger partial charge in [-0.05, 0) is 49.1 Å². The van der Waals surface area contributed by atoms with E-state index in [1.54, 1.807) is 7.11 Å². The zero-order chi connectivity index (χ0) is 17.5. The topological polar surface area (TPSA) is 21.7 Å². The number of hydrogen-bond donors (Lipinski definition) is 0. The van der Waals surface area contributed by atoms with Crippen LogP contribution in [0.15, 0.2) is 48.5 Å². The van der Waals surface area contributed by atoms with Crippen molar-refractivity contribution < 1.29 is 9.47 Å². The average molecular weight is 339 g/mol. The van der Waals surface area contributed by atoms with Crippen molar-refractivity contribution in [3.63, 3.8) is 0 Å². The Labute approximate surface area is 151 Å². The van der Waals surface area contributed by atoms with Gasteiger partial charge in [0.05, 0.1) is 7.11 Å². The van der Waals surface area contributed by atoms with Crippen LogP contribution in [0.25, 0.3) is 0 Å². The molecule has 134 valence electrons. The molecule has 0 amide bonds. The van der Waals surface area contributed by atoms with Crippen LogP contribution in [0, 0.1) is 0 Å². The molecule has 1 unspecified atom stereocenters. The molecule has 25 heavy (non-hydrogen) atoms. The Balaban J connectivity index is 1.66. The van der Waals surface area contributed by atoms with E-state index in [4.69, 9.17) is 9.47 Å². The molecule has 2 aromatic rings. The molecule has 1 atom stereocenters. The highest BCUT2D eigenvalue weighted by Crippen LogP contribution is 2.30. The van der Waals surface area contributed by atoms with Crippen molar-refractivity contribution in [2.24, 2.45) is 0 Å². The molecule has 1 aliphatic rings. The van der Waals surface area contributed by atoms with E-state index in [9.17, 15) is 0 Å². The van der Waals surface area contributed by atoms with Crippen molar-refractivity contribution in [1.82, 2.24) is 4.90 Å². The van der Waals surface area contributed by atoms with Crippen LogP contribution in [0.3, 0.4) is 0 Å². The maximum absolute atomic E-state index is 5.96. The third-order valence-electron chi connectivity index (χ3n) is 5.07. The lowest BCUT2D eigenvalue weighted by molar-refractivity contribution is 0.136. The van der Waals surface area contributed by atoms with Crippen molar-refractivity contribution in [1.29, 1.82) is 0 Å². The summed E-state index contributed by atoms with van der Waals surface area (Å²) in [6, 6.07) is 17.3. The standard InChI is InChI=1S/C22H29NO2/c1-3-20-11-7-8-14-23(20)16-19-12-13-21(22(15-19)24-2)25-17-18-9-5-4-6-10-18/h4-6,9-10,12-13,15,20H,3,7-8,11,14,16-17H2,1-2H3. The summed E-state index contributed by atoms with van der Waals surface area (Å²) in [6.45, 7) is 5.05. The molecule has 0 aliphatic carbocycles. The van der Waals surface area contributed by atoms with Crippen LogP contribution in [0.1, 0.15) is 43.7 Å². The largest absolute Gasteiger partial charge is 0.493 e. The SMILES string of the molecule is CCC1CCCCN1Cc1ccc(OCc2ccccc2)c(OC)c1. The molecule has 0 spiro atoms. The minimum absolute atomic E-state index is 0.556. The summed E-state index contributed by atoms with van der Waals surface area (Å²) in [5.74, 6) is 1.62. The van der Waals surface area contributed by atoms with Crippen molar-refractivity contribution >= 4 is 0 Å². The van der Waals surface area contributed by atoms with E-state index in [2.05, 4.69) is 36.1 Å². The van der Waals surface area contributed by atoms with Gasteiger partial charge in [-0.3, -0.25) is 4.90 Å². The quantitative estimate of drug-likeness (QED) is 0.705. The zero-order valence-electron chi connectivity index (χ0n) is 15.4. The third kappa shape index (κ3) is 4.76. The third-order valence-corrected chi connectivity index (χ3v) is 5.07.